The van der Waals surface area contributed by atoms with Crippen LogP contribution in [0.4, 0.5) is 0 Å². The Kier molecular flexibility index (Phi) is 10.4. The molecule has 1 heterocycles. The van der Waals surface area contributed by atoms with Gasteiger partial charge in [0.15, 0.2) is 0 Å². The van der Waals surface area contributed by atoms with E-state index in [1.54, 1.807) is 6.92 Å². The summed E-state index contributed by atoms with van der Waals surface area (Å²) in [4.78, 5) is 1.91. The van der Waals surface area contributed by atoms with Gasteiger partial charge in [-0.3, -0.25) is 9.45 Å². The van der Waals surface area contributed by atoms with E-state index in [-0.39, 0.29) is 27.7 Å². The number of piperidine rings is 1. The first kappa shape index (κ1) is 29.9. The van der Waals surface area contributed by atoms with E-state index < -0.39 is 33.1 Å². The van der Waals surface area contributed by atoms with E-state index in [0.29, 0.717) is 25.9 Å². The Labute approximate surface area is 187 Å². The van der Waals surface area contributed by atoms with Crippen molar-refractivity contribution >= 4 is 10.1 Å². The van der Waals surface area contributed by atoms with E-state index >= 15 is 0 Å². The molecule has 0 unspecified atom stereocenters. The first-order valence-corrected chi connectivity index (χ1v) is 11.1. The first-order chi connectivity index (χ1) is 13.5. The van der Waals surface area contributed by atoms with E-state index in [0.717, 1.165) is 5.56 Å². The second-order valence-corrected chi connectivity index (χ2v) is 9.26. The molecule has 0 aromatic heterocycles. The summed E-state index contributed by atoms with van der Waals surface area (Å²) in [7, 11) is -4.48. The van der Waals surface area contributed by atoms with Gasteiger partial charge >= 0.3 is 0 Å². The number of aliphatic hydroxyl groups is 2. The monoisotopic (exact) mass is 475 g/mol. The summed E-state index contributed by atoms with van der Waals surface area (Å²) in [5.74, 6) is -0.882. The van der Waals surface area contributed by atoms with Crippen LogP contribution < -0.4 is 0 Å². The molecule has 2 aromatic carbocycles. The van der Waals surface area contributed by atoms with Crippen molar-refractivity contribution in [3.8, 4) is 5.75 Å². The first-order valence-electron chi connectivity index (χ1n) is 9.52. The van der Waals surface area contributed by atoms with E-state index in [9.17, 15) is 28.3 Å². The number of phenolic OH excluding ortho intramolecular Hbond substituents is 1. The normalized spacial score (nSPS) is 18.8. The third kappa shape index (κ3) is 6.47. The summed E-state index contributed by atoms with van der Waals surface area (Å²) >= 11 is 0. The van der Waals surface area contributed by atoms with Crippen molar-refractivity contribution in [2.45, 2.75) is 37.0 Å². The molecule has 1 aliphatic rings. The maximum atomic E-state index is 11.7. The van der Waals surface area contributed by atoms with Crippen molar-refractivity contribution in [1.29, 1.82) is 0 Å². The lowest BCUT2D eigenvalue weighted by Gasteiger charge is -2.46. The maximum absolute atomic E-state index is 11.7. The highest BCUT2D eigenvalue weighted by Gasteiger charge is 2.45. The van der Waals surface area contributed by atoms with Crippen molar-refractivity contribution < 1.29 is 44.7 Å². The molecule has 1 saturated heterocycles. The van der Waals surface area contributed by atoms with Crippen LogP contribution in [0.15, 0.2) is 54.6 Å². The summed E-state index contributed by atoms with van der Waals surface area (Å²) in [6.45, 7) is 2.59. The van der Waals surface area contributed by atoms with Crippen LogP contribution in [-0.4, -0.2) is 74.5 Å². The number of phenols is 1. The molecule has 0 spiro atoms. The number of hydrogen-bond donors (Lipinski definition) is 4. The van der Waals surface area contributed by atoms with Gasteiger partial charge in [-0.15, -0.1) is 0 Å². The molecule has 0 amide bonds. The third-order valence-corrected chi connectivity index (χ3v) is 6.75. The highest BCUT2D eigenvalue weighted by molar-refractivity contribution is 7.85. The Hall–Kier alpha value is -2.09. The lowest BCUT2D eigenvalue weighted by atomic mass is 9.82. The Morgan fingerprint density at radius 2 is 1.50 bits per heavy atom. The van der Waals surface area contributed by atoms with Crippen molar-refractivity contribution in [2.24, 2.45) is 0 Å². The summed E-state index contributed by atoms with van der Waals surface area (Å²) in [5, 5.41) is 31.9. The molecule has 1 fully saturated rings. The van der Waals surface area contributed by atoms with Crippen LogP contribution in [0, 0.1) is 0 Å². The topological polar surface area (TPSA) is 213 Å². The molecule has 0 saturated carbocycles. The van der Waals surface area contributed by atoms with Gasteiger partial charge in [0.2, 0.25) is 0 Å². The average molecular weight is 476 g/mol. The van der Waals surface area contributed by atoms with Gasteiger partial charge in [0, 0.05) is 19.1 Å². The maximum Gasteiger partial charge on any atom is 0.268 e. The second-order valence-electron chi connectivity index (χ2n) is 7.81. The van der Waals surface area contributed by atoms with Gasteiger partial charge in [0.25, 0.3) is 10.1 Å². The molecular weight excluding hydrogens is 442 g/mol. The molecule has 0 radical (unpaired) electrons. The van der Waals surface area contributed by atoms with Crippen LogP contribution in [0.1, 0.15) is 30.9 Å². The number of hydrogen-bond acceptors (Lipinski definition) is 6. The quantitative estimate of drug-likeness (QED) is 0.396. The number of rotatable bonds is 6. The zero-order valence-electron chi connectivity index (χ0n) is 17.8. The predicted molar refractivity (Wildman–Crippen MR) is 120 cm³/mol. The highest BCUT2D eigenvalue weighted by atomic mass is 32.2. The Morgan fingerprint density at radius 3 is 1.97 bits per heavy atom. The van der Waals surface area contributed by atoms with Gasteiger partial charge < -0.3 is 31.7 Å². The molecule has 32 heavy (non-hydrogen) atoms. The highest BCUT2D eigenvalue weighted by Crippen LogP contribution is 2.37. The Balaban J connectivity index is 0.00000320. The Morgan fingerprint density at radius 1 is 1.00 bits per heavy atom. The minimum Gasteiger partial charge on any atom is -0.508 e. The summed E-state index contributed by atoms with van der Waals surface area (Å²) in [6, 6.07) is 14.3. The van der Waals surface area contributed by atoms with Gasteiger partial charge in [-0.2, -0.15) is 8.42 Å². The zero-order valence-corrected chi connectivity index (χ0v) is 18.6. The fourth-order valence-corrected chi connectivity index (χ4v) is 5.06. The van der Waals surface area contributed by atoms with Crippen LogP contribution in [-0.2, 0) is 21.3 Å². The second kappa shape index (κ2) is 11.2. The van der Waals surface area contributed by atoms with E-state index in [2.05, 4.69) is 0 Å². The third-order valence-electron chi connectivity index (χ3n) is 5.94. The average Bonchev–Trinajstić information content (AvgIpc) is 2.68. The van der Waals surface area contributed by atoms with E-state index in [4.69, 9.17) is 0 Å². The summed E-state index contributed by atoms with van der Waals surface area (Å²) < 4.78 is 32.8. The van der Waals surface area contributed by atoms with Crippen molar-refractivity contribution in [3.05, 3.63) is 65.7 Å². The van der Waals surface area contributed by atoms with Crippen LogP contribution in [0.2, 0.25) is 0 Å². The van der Waals surface area contributed by atoms with Crippen molar-refractivity contribution in [2.75, 3.05) is 18.8 Å². The predicted octanol–water partition coefficient (Wildman–Crippen LogP) is -0.634. The molecule has 1 aliphatic heterocycles. The number of benzene rings is 2. The Bertz CT molecular complexity index is 930. The van der Waals surface area contributed by atoms with Crippen LogP contribution >= 0.6 is 0 Å². The minimum absolute atomic E-state index is 0. The van der Waals surface area contributed by atoms with Crippen LogP contribution in [0.25, 0.3) is 0 Å². The standard InChI is InChI=1S/C21H27NO6S.3H2O/c1-16(21(25,15-29(26,27)28)18-7-9-19(23)10-8-18)22-13-11-20(24,12-14-22)17-5-3-2-4-6-17;;;/h2-10,16,23-25H,11-15H2,1H3,(H,26,27,28);3*1H2/t16-,21+;;;/m0.../s1. The van der Waals surface area contributed by atoms with Crippen molar-refractivity contribution in [3.63, 3.8) is 0 Å². The van der Waals surface area contributed by atoms with Crippen molar-refractivity contribution in [1.82, 2.24) is 4.90 Å². The molecule has 0 aliphatic carbocycles. The fraction of sp³-hybridized carbons (Fsp3) is 0.429. The lowest BCUT2D eigenvalue weighted by Crippen LogP contribution is -2.56. The van der Waals surface area contributed by atoms with E-state index in [1.807, 2.05) is 35.2 Å². The summed E-state index contributed by atoms with van der Waals surface area (Å²) in [5.41, 5.74) is -1.75. The van der Waals surface area contributed by atoms with Gasteiger partial charge in [-0.25, -0.2) is 0 Å². The van der Waals surface area contributed by atoms with Gasteiger partial charge in [0.05, 0.1) is 5.60 Å². The van der Waals surface area contributed by atoms with Gasteiger partial charge in [-0.1, -0.05) is 42.5 Å². The number of nitrogens with zero attached hydrogens (tertiary/aromatic N) is 1. The fourth-order valence-electron chi connectivity index (χ4n) is 4.09. The van der Waals surface area contributed by atoms with Crippen LogP contribution in [0.3, 0.4) is 0 Å². The number of aromatic hydroxyl groups is 1. The molecule has 10 N–H and O–H groups in total. The molecule has 2 aromatic rings. The molecule has 3 rings (SSSR count). The molecule has 0 bridgehead atoms. The molecular formula is C21H33NO9S. The molecule has 2 atom stereocenters. The zero-order chi connectivity index (χ0) is 21.3. The van der Waals surface area contributed by atoms with Crippen LogP contribution in [0.5, 0.6) is 5.75 Å². The van der Waals surface area contributed by atoms with Gasteiger partial charge in [0.1, 0.15) is 17.1 Å². The molecule has 11 heteroatoms. The largest absolute Gasteiger partial charge is 0.508 e. The number of likely N-dealkylation sites (tertiary alicyclic amines) is 1. The summed E-state index contributed by atoms with van der Waals surface area (Å²) in [6.07, 6.45) is 0.859. The molecule has 10 nitrogen and oxygen atoms in total. The minimum atomic E-state index is -4.48. The molecule has 182 valence electrons. The van der Waals surface area contributed by atoms with Gasteiger partial charge in [-0.05, 0) is 43.0 Å². The SMILES string of the molecule is C[C@H](N1CCC(O)(c2ccccc2)CC1)[C@](O)(CS(=O)(=O)O)c1ccc(O)cc1.O.O.O. The smallest absolute Gasteiger partial charge is 0.268 e. The lowest BCUT2D eigenvalue weighted by molar-refractivity contribution is -0.0779. The van der Waals surface area contributed by atoms with E-state index in [1.165, 1.54) is 24.3 Å².